The monoisotopic (exact) mass is 388 g/mol. The predicted molar refractivity (Wildman–Crippen MR) is 105 cm³/mol. The molecular weight excluding hydrogens is 371 g/mol. The van der Waals surface area contributed by atoms with Gasteiger partial charge in [-0.2, -0.15) is 10.1 Å². The number of nitrogens with zero attached hydrogens (tertiary/aromatic N) is 4. The van der Waals surface area contributed by atoms with Crippen LogP contribution in [0.5, 0.6) is 5.88 Å². The van der Waals surface area contributed by atoms with Crippen LogP contribution in [0.3, 0.4) is 0 Å². The normalized spacial score (nSPS) is 13.4. The summed E-state index contributed by atoms with van der Waals surface area (Å²) >= 11 is 0. The van der Waals surface area contributed by atoms with Crippen molar-refractivity contribution in [3.05, 3.63) is 83.3 Å². The van der Waals surface area contributed by atoms with E-state index in [-0.39, 0.29) is 11.7 Å². The van der Waals surface area contributed by atoms with Gasteiger partial charge in [-0.05, 0) is 42.8 Å². The number of carbonyl (C=O) groups is 1. The Bertz CT molecular complexity index is 1220. The summed E-state index contributed by atoms with van der Waals surface area (Å²) in [6, 6.07) is 17.7. The number of pyridine rings is 1. The molecule has 0 saturated heterocycles. The molecule has 0 spiro atoms. The van der Waals surface area contributed by atoms with Gasteiger partial charge in [0.15, 0.2) is 5.65 Å². The number of amides is 1. The first-order valence-corrected chi connectivity index (χ1v) is 9.24. The number of aryl methyl sites for hydroxylation is 1. The summed E-state index contributed by atoms with van der Waals surface area (Å²) in [5, 5.41) is 5.41. The van der Waals surface area contributed by atoms with Crippen molar-refractivity contribution < 1.29 is 13.9 Å². The van der Waals surface area contributed by atoms with Gasteiger partial charge in [0.2, 0.25) is 5.88 Å². The van der Waals surface area contributed by atoms with Crippen molar-refractivity contribution in [2.45, 2.75) is 20.0 Å². The van der Waals surface area contributed by atoms with E-state index in [2.05, 4.69) is 10.1 Å². The lowest BCUT2D eigenvalue weighted by Gasteiger charge is -2.27. The van der Waals surface area contributed by atoms with Gasteiger partial charge in [0.05, 0.1) is 17.9 Å². The summed E-state index contributed by atoms with van der Waals surface area (Å²) in [5.41, 5.74) is 3.91. The molecule has 3 heterocycles. The van der Waals surface area contributed by atoms with E-state index in [1.165, 1.54) is 12.1 Å². The zero-order valence-electron chi connectivity index (χ0n) is 15.7. The second-order valence-electron chi connectivity index (χ2n) is 7.01. The summed E-state index contributed by atoms with van der Waals surface area (Å²) in [5.74, 6) is -0.0326. The third-order valence-corrected chi connectivity index (χ3v) is 4.97. The summed E-state index contributed by atoms with van der Waals surface area (Å²) < 4.78 is 20.4. The number of rotatable bonds is 3. The first-order valence-electron chi connectivity index (χ1n) is 9.24. The van der Waals surface area contributed by atoms with E-state index >= 15 is 0 Å². The van der Waals surface area contributed by atoms with Gasteiger partial charge in [-0.25, -0.2) is 13.9 Å². The average Bonchev–Trinajstić information content (AvgIpc) is 3.04. The van der Waals surface area contributed by atoms with Crippen molar-refractivity contribution in [3.63, 3.8) is 0 Å². The zero-order valence-corrected chi connectivity index (χ0v) is 15.7. The van der Waals surface area contributed by atoms with Gasteiger partial charge in [-0.1, -0.05) is 30.3 Å². The SMILES string of the molecule is Cc1nn(-c2ccc(F)cc2)c2nc3c(cc12)CN(Cc1ccccc1)C(=O)O3. The second kappa shape index (κ2) is 6.70. The molecule has 144 valence electrons. The van der Waals surface area contributed by atoms with Crippen molar-refractivity contribution >= 4 is 17.1 Å². The van der Waals surface area contributed by atoms with Gasteiger partial charge in [0.1, 0.15) is 5.82 Å². The number of benzene rings is 2. The summed E-state index contributed by atoms with van der Waals surface area (Å²) in [7, 11) is 0. The highest BCUT2D eigenvalue weighted by molar-refractivity contribution is 5.83. The minimum absolute atomic E-state index is 0.287. The Labute approximate surface area is 166 Å². The van der Waals surface area contributed by atoms with Crippen molar-refractivity contribution in [1.82, 2.24) is 19.7 Å². The highest BCUT2D eigenvalue weighted by atomic mass is 19.1. The van der Waals surface area contributed by atoms with Crippen molar-refractivity contribution in [3.8, 4) is 11.6 Å². The van der Waals surface area contributed by atoms with E-state index in [1.807, 2.05) is 43.3 Å². The Morgan fingerprint density at radius 1 is 1.10 bits per heavy atom. The van der Waals surface area contributed by atoms with E-state index in [9.17, 15) is 9.18 Å². The lowest BCUT2D eigenvalue weighted by molar-refractivity contribution is 0.133. The third-order valence-electron chi connectivity index (χ3n) is 4.97. The van der Waals surface area contributed by atoms with Crippen LogP contribution in [0.4, 0.5) is 9.18 Å². The van der Waals surface area contributed by atoms with E-state index in [0.29, 0.717) is 24.4 Å². The molecule has 2 aromatic carbocycles. The molecule has 0 atom stereocenters. The van der Waals surface area contributed by atoms with E-state index in [4.69, 9.17) is 4.74 Å². The van der Waals surface area contributed by atoms with Crippen LogP contribution in [0.15, 0.2) is 60.7 Å². The van der Waals surface area contributed by atoms with Gasteiger partial charge in [0.25, 0.3) is 0 Å². The minimum atomic E-state index is -0.433. The van der Waals surface area contributed by atoms with Crippen LogP contribution in [0.2, 0.25) is 0 Å². The molecule has 0 radical (unpaired) electrons. The molecule has 1 aliphatic heterocycles. The lowest BCUT2D eigenvalue weighted by atomic mass is 10.1. The molecule has 0 fully saturated rings. The highest BCUT2D eigenvalue weighted by Gasteiger charge is 2.28. The van der Waals surface area contributed by atoms with Crippen molar-refractivity contribution in [2.75, 3.05) is 0 Å². The van der Waals surface area contributed by atoms with Crippen LogP contribution in [-0.2, 0) is 13.1 Å². The molecule has 1 aliphatic rings. The molecule has 0 unspecified atom stereocenters. The molecule has 29 heavy (non-hydrogen) atoms. The number of ether oxygens (including phenoxy) is 1. The van der Waals surface area contributed by atoms with Crippen LogP contribution in [0.25, 0.3) is 16.7 Å². The Hall–Kier alpha value is -3.74. The fourth-order valence-electron chi connectivity index (χ4n) is 3.51. The van der Waals surface area contributed by atoms with Crippen LogP contribution in [0, 0.1) is 12.7 Å². The van der Waals surface area contributed by atoms with Crippen LogP contribution in [-0.4, -0.2) is 25.8 Å². The minimum Gasteiger partial charge on any atom is -0.391 e. The molecule has 0 bridgehead atoms. The molecule has 6 nitrogen and oxygen atoms in total. The number of hydrogen-bond acceptors (Lipinski definition) is 4. The number of aromatic nitrogens is 3. The van der Waals surface area contributed by atoms with Gasteiger partial charge in [-0.3, -0.25) is 4.90 Å². The standard InChI is InChI=1S/C22H17FN4O2/c1-14-19-11-16-13-26(12-15-5-3-2-4-6-15)22(28)29-21(16)24-20(19)27(25-14)18-9-7-17(23)8-10-18/h2-11H,12-13H2,1H3. The Balaban J connectivity index is 1.53. The Morgan fingerprint density at radius 3 is 2.62 bits per heavy atom. The van der Waals surface area contributed by atoms with Gasteiger partial charge in [-0.15, -0.1) is 0 Å². The molecular formula is C22H17FN4O2. The van der Waals surface area contributed by atoms with Crippen LogP contribution in [0.1, 0.15) is 16.8 Å². The fourth-order valence-corrected chi connectivity index (χ4v) is 3.51. The number of fused-ring (bicyclic) bond motifs is 2. The quantitative estimate of drug-likeness (QED) is 0.523. The molecule has 4 aromatic rings. The van der Waals surface area contributed by atoms with Crippen LogP contribution >= 0.6 is 0 Å². The molecule has 2 aromatic heterocycles. The Morgan fingerprint density at radius 2 is 1.86 bits per heavy atom. The average molecular weight is 388 g/mol. The second-order valence-corrected chi connectivity index (χ2v) is 7.01. The number of carbonyl (C=O) groups excluding carboxylic acids is 1. The summed E-state index contributed by atoms with van der Waals surface area (Å²) in [6.07, 6.45) is -0.433. The predicted octanol–water partition coefficient (Wildman–Crippen LogP) is 4.38. The molecule has 0 saturated carbocycles. The van der Waals surface area contributed by atoms with E-state index in [1.54, 1.807) is 21.7 Å². The van der Waals surface area contributed by atoms with Gasteiger partial charge in [0, 0.05) is 17.5 Å². The number of halogens is 1. The largest absolute Gasteiger partial charge is 0.417 e. The molecule has 0 N–H and O–H groups in total. The lowest BCUT2D eigenvalue weighted by Crippen LogP contribution is -2.36. The van der Waals surface area contributed by atoms with Crippen LogP contribution < -0.4 is 4.74 Å². The molecule has 5 rings (SSSR count). The summed E-state index contributed by atoms with van der Waals surface area (Å²) in [4.78, 5) is 18.7. The maximum Gasteiger partial charge on any atom is 0.417 e. The van der Waals surface area contributed by atoms with Crippen molar-refractivity contribution in [2.24, 2.45) is 0 Å². The maximum atomic E-state index is 13.3. The first-order chi connectivity index (χ1) is 14.1. The Kier molecular flexibility index (Phi) is 4.01. The van der Waals surface area contributed by atoms with Crippen molar-refractivity contribution in [1.29, 1.82) is 0 Å². The first kappa shape index (κ1) is 17.4. The molecule has 1 amide bonds. The topological polar surface area (TPSA) is 60.2 Å². The highest BCUT2D eigenvalue weighted by Crippen LogP contribution is 2.31. The smallest absolute Gasteiger partial charge is 0.391 e. The van der Waals surface area contributed by atoms with E-state index < -0.39 is 6.09 Å². The maximum absolute atomic E-state index is 13.3. The summed E-state index contributed by atoms with van der Waals surface area (Å²) in [6.45, 7) is 2.77. The van der Waals surface area contributed by atoms with Gasteiger partial charge < -0.3 is 4.74 Å². The fraction of sp³-hybridized carbons (Fsp3) is 0.136. The number of hydrogen-bond donors (Lipinski definition) is 0. The third kappa shape index (κ3) is 3.10. The van der Waals surface area contributed by atoms with E-state index in [0.717, 1.165) is 22.2 Å². The molecule has 0 aliphatic carbocycles. The van der Waals surface area contributed by atoms with Gasteiger partial charge >= 0.3 is 6.09 Å². The molecule has 7 heteroatoms. The zero-order chi connectivity index (χ0) is 20.0.